The van der Waals surface area contributed by atoms with E-state index in [1.165, 1.54) is 99.6 Å². The molecule has 0 heterocycles. The van der Waals surface area contributed by atoms with E-state index in [-0.39, 0.29) is 5.57 Å². The topological polar surface area (TPSA) is 63.6 Å². The second kappa shape index (κ2) is 19.0. The molecule has 0 saturated carbocycles. The molecule has 0 radical (unpaired) electrons. The zero-order chi connectivity index (χ0) is 27.4. The second-order valence-corrected chi connectivity index (χ2v) is 10.0. The molecule has 0 amide bonds. The Hall–Kier alpha value is -3.14. The molecule has 4 heteroatoms. The number of unbranched alkanes of at least 4 members (excludes halogenated alkanes) is 10. The average Bonchev–Trinajstić information content (AvgIpc) is 2.93. The summed E-state index contributed by atoms with van der Waals surface area (Å²) in [6.07, 6.45) is 21.0. The molecular formula is C34H46O4. The van der Waals surface area contributed by atoms with E-state index < -0.39 is 11.9 Å². The summed E-state index contributed by atoms with van der Waals surface area (Å²) >= 11 is 0. The summed E-state index contributed by atoms with van der Waals surface area (Å²) < 4.78 is 4.48. The molecule has 4 nitrogen and oxygen atoms in total. The summed E-state index contributed by atoms with van der Waals surface area (Å²) in [6, 6.07) is 18.2. The highest BCUT2D eigenvalue weighted by Crippen LogP contribution is 2.22. The van der Waals surface area contributed by atoms with Crippen LogP contribution in [0.25, 0.3) is 11.1 Å². The summed E-state index contributed by atoms with van der Waals surface area (Å²) in [5, 5.41) is 9.10. The lowest BCUT2D eigenvalue weighted by molar-refractivity contribution is -0.136. The van der Waals surface area contributed by atoms with Crippen molar-refractivity contribution in [2.24, 2.45) is 0 Å². The van der Waals surface area contributed by atoms with Crippen LogP contribution in [0.3, 0.4) is 0 Å². The molecule has 0 unspecified atom stereocenters. The zero-order valence-electron chi connectivity index (χ0n) is 23.4. The number of carboxylic acid groups (broad SMARTS) is 1. The summed E-state index contributed by atoms with van der Waals surface area (Å²) in [5.74, 6) is -1.78. The summed E-state index contributed by atoms with van der Waals surface area (Å²) in [5.41, 5.74) is 5.41. The number of carbonyl (C=O) groups is 2. The molecule has 206 valence electrons. The second-order valence-electron chi connectivity index (χ2n) is 10.0. The molecule has 0 spiro atoms. The van der Waals surface area contributed by atoms with Gasteiger partial charge in [0.15, 0.2) is 0 Å². The van der Waals surface area contributed by atoms with Gasteiger partial charge in [-0.3, -0.25) is 0 Å². The third-order valence-corrected chi connectivity index (χ3v) is 6.92. The number of rotatable bonds is 19. The van der Waals surface area contributed by atoms with Gasteiger partial charge in [0.05, 0.1) is 12.7 Å². The van der Waals surface area contributed by atoms with Gasteiger partial charge in [0.2, 0.25) is 0 Å². The number of methoxy groups -OCH3 is 1. The Labute approximate surface area is 229 Å². The number of hydrogen-bond acceptors (Lipinski definition) is 3. The van der Waals surface area contributed by atoms with Gasteiger partial charge in [0.25, 0.3) is 0 Å². The first-order chi connectivity index (χ1) is 18.5. The largest absolute Gasteiger partial charge is 0.478 e. The van der Waals surface area contributed by atoms with Crippen LogP contribution in [0.5, 0.6) is 0 Å². The van der Waals surface area contributed by atoms with Gasteiger partial charge in [0.1, 0.15) is 0 Å². The fourth-order valence-corrected chi connectivity index (χ4v) is 4.54. The predicted molar refractivity (Wildman–Crippen MR) is 157 cm³/mol. The molecule has 2 aromatic carbocycles. The van der Waals surface area contributed by atoms with Crippen molar-refractivity contribution in [2.45, 2.75) is 96.8 Å². The lowest BCUT2D eigenvalue weighted by Crippen LogP contribution is -2.03. The Morgan fingerprint density at radius 3 is 1.66 bits per heavy atom. The maximum Gasteiger partial charge on any atom is 0.335 e. The van der Waals surface area contributed by atoms with Crippen molar-refractivity contribution in [2.75, 3.05) is 7.11 Å². The molecule has 0 atom stereocenters. The normalized spacial score (nSPS) is 11.7. The molecule has 0 saturated heterocycles. The maximum absolute atomic E-state index is 11.2. The van der Waals surface area contributed by atoms with Gasteiger partial charge in [-0.15, -0.1) is 0 Å². The highest BCUT2D eigenvalue weighted by Gasteiger charge is 2.06. The van der Waals surface area contributed by atoms with Crippen LogP contribution in [-0.2, 0) is 27.2 Å². The number of ether oxygens (including phenoxy) is 1. The van der Waals surface area contributed by atoms with Gasteiger partial charge in [-0.2, -0.15) is 0 Å². The molecule has 1 N–H and O–H groups in total. The first kappa shape index (κ1) is 31.1. The SMILES string of the molecule is CCCCCc1ccc(-c2ccc(CCCCCCCCCC/C=C/C(=C/C(=O)OC)C(=O)O)cc2)cc1. The average molecular weight is 519 g/mol. The number of carboxylic acids is 1. The zero-order valence-corrected chi connectivity index (χ0v) is 23.4. The van der Waals surface area contributed by atoms with E-state index in [4.69, 9.17) is 5.11 Å². The van der Waals surface area contributed by atoms with Crippen molar-refractivity contribution < 1.29 is 19.4 Å². The minimum Gasteiger partial charge on any atom is -0.478 e. The number of hydrogen-bond donors (Lipinski definition) is 1. The number of aryl methyl sites for hydroxylation is 2. The fourth-order valence-electron chi connectivity index (χ4n) is 4.54. The van der Waals surface area contributed by atoms with Crippen molar-refractivity contribution in [1.82, 2.24) is 0 Å². The molecule has 38 heavy (non-hydrogen) atoms. The van der Waals surface area contributed by atoms with Crippen LogP contribution < -0.4 is 0 Å². The van der Waals surface area contributed by atoms with Crippen LogP contribution >= 0.6 is 0 Å². The lowest BCUT2D eigenvalue weighted by Gasteiger charge is -2.07. The highest BCUT2D eigenvalue weighted by molar-refractivity contribution is 5.97. The summed E-state index contributed by atoms with van der Waals surface area (Å²) in [7, 11) is 1.23. The first-order valence-electron chi connectivity index (χ1n) is 14.4. The van der Waals surface area contributed by atoms with Gasteiger partial charge in [-0.05, 0) is 60.8 Å². The molecule has 2 aromatic rings. The van der Waals surface area contributed by atoms with E-state index >= 15 is 0 Å². The Balaban J connectivity index is 1.53. The van der Waals surface area contributed by atoms with E-state index in [9.17, 15) is 9.59 Å². The van der Waals surface area contributed by atoms with Crippen molar-refractivity contribution in [1.29, 1.82) is 0 Å². The fraction of sp³-hybridized carbons (Fsp3) is 0.471. The lowest BCUT2D eigenvalue weighted by atomic mass is 9.99. The number of benzene rings is 2. The van der Waals surface area contributed by atoms with Gasteiger partial charge in [0, 0.05) is 6.08 Å². The molecule has 0 aromatic heterocycles. The molecule has 0 fully saturated rings. The van der Waals surface area contributed by atoms with Crippen LogP contribution in [0.2, 0.25) is 0 Å². The van der Waals surface area contributed by atoms with Gasteiger partial charge >= 0.3 is 11.9 Å². The molecule has 0 bridgehead atoms. The number of esters is 1. The van der Waals surface area contributed by atoms with Crippen LogP contribution in [0.1, 0.15) is 95.1 Å². The first-order valence-corrected chi connectivity index (χ1v) is 14.4. The standard InChI is InChI=1S/C34H46O4/c1-3-4-13-16-28-19-23-30(24-20-28)31-25-21-29(22-26-31)17-14-11-9-7-5-6-8-10-12-15-18-32(34(36)37)27-33(35)38-2/h15,18-27H,3-14,16-17H2,1-2H3,(H,36,37)/b18-15+,32-27-. The monoisotopic (exact) mass is 518 g/mol. The number of aliphatic carboxylic acids is 1. The Morgan fingerprint density at radius 1 is 0.711 bits per heavy atom. The Morgan fingerprint density at radius 2 is 1.18 bits per heavy atom. The minimum atomic E-state index is -1.12. The highest BCUT2D eigenvalue weighted by atomic mass is 16.5. The van der Waals surface area contributed by atoms with Crippen LogP contribution in [0.4, 0.5) is 0 Å². The van der Waals surface area contributed by atoms with E-state index in [2.05, 4.69) is 60.2 Å². The smallest absolute Gasteiger partial charge is 0.335 e. The van der Waals surface area contributed by atoms with Gasteiger partial charge in [-0.1, -0.05) is 119 Å². The van der Waals surface area contributed by atoms with Crippen LogP contribution in [-0.4, -0.2) is 24.2 Å². The van der Waals surface area contributed by atoms with E-state index in [0.717, 1.165) is 31.8 Å². The van der Waals surface area contributed by atoms with Crippen molar-refractivity contribution in [3.05, 3.63) is 83.5 Å². The Bertz CT molecular complexity index is 1000. The summed E-state index contributed by atoms with van der Waals surface area (Å²) in [4.78, 5) is 22.3. The third-order valence-electron chi connectivity index (χ3n) is 6.92. The molecule has 0 aliphatic heterocycles. The van der Waals surface area contributed by atoms with Crippen molar-refractivity contribution in [3.63, 3.8) is 0 Å². The predicted octanol–water partition coefficient (Wildman–Crippen LogP) is 8.88. The molecular weight excluding hydrogens is 472 g/mol. The van der Waals surface area contributed by atoms with E-state index in [1.807, 2.05) is 6.08 Å². The van der Waals surface area contributed by atoms with Crippen LogP contribution in [0, 0.1) is 0 Å². The van der Waals surface area contributed by atoms with E-state index in [0.29, 0.717) is 0 Å². The Kier molecular flexibility index (Phi) is 15.5. The molecule has 0 aliphatic carbocycles. The molecule has 2 rings (SSSR count). The van der Waals surface area contributed by atoms with Crippen LogP contribution in [0.15, 0.2) is 72.3 Å². The van der Waals surface area contributed by atoms with Crippen molar-refractivity contribution >= 4 is 11.9 Å². The van der Waals surface area contributed by atoms with E-state index in [1.54, 1.807) is 0 Å². The minimum absolute atomic E-state index is 0.0458. The maximum atomic E-state index is 11.2. The number of allylic oxidation sites excluding steroid dienone is 1. The quantitative estimate of drug-likeness (QED) is 0.0873. The molecule has 0 aliphatic rings. The third kappa shape index (κ3) is 12.9. The van der Waals surface area contributed by atoms with Gasteiger partial charge < -0.3 is 9.84 Å². The summed E-state index contributed by atoms with van der Waals surface area (Å²) in [6.45, 7) is 2.25. The number of carbonyl (C=O) groups excluding carboxylic acids is 1. The van der Waals surface area contributed by atoms with Gasteiger partial charge in [-0.25, -0.2) is 9.59 Å². The van der Waals surface area contributed by atoms with Crippen molar-refractivity contribution in [3.8, 4) is 11.1 Å².